The van der Waals surface area contributed by atoms with Crippen molar-refractivity contribution >= 4 is 27.8 Å². The maximum Gasteiger partial charge on any atom is 0.513 e. The van der Waals surface area contributed by atoms with Crippen LogP contribution in [-0.2, 0) is 15.6 Å². The average Bonchev–Trinajstić information content (AvgIpc) is 3.07. The van der Waals surface area contributed by atoms with Gasteiger partial charge in [-0.2, -0.15) is 0 Å². The van der Waals surface area contributed by atoms with E-state index in [2.05, 4.69) is 18.2 Å². The second kappa shape index (κ2) is 7.05. The van der Waals surface area contributed by atoms with E-state index in [4.69, 9.17) is 9.47 Å². The second-order valence-electron chi connectivity index (χ2n) is 5.42. The molecule has 1 saturated heterocycles. The van der Waals surface area contributed by atoms with Gasteiger partial charge >= 0.3 is 6.16 Å². The molecule has 4 heteroatoms. The first-order chi connectivity index (χ1) is 10.8. The third-order valence-corrected chi connectivity index (χ3v) is 6.34. The first kappa shape index (κ1) is 15.2. The summed E-state index contributed by atoms with van der Waals surface area (Å²) >= 11 is 0. The Morgan fingerprint density at radius 3 is 2.59 bits per heavy atom. The molecule has 0 aromatic heterocycles. The Labute approximate surface area is 134 Å². The molecule has 0 unspecified atom stereocenters. The SMILES string of the molecule is CCCOC(=O)Oc1cccc2c([S+]3CCCC3)cccc12. The third kappa shape index (κ3) is 3.22. The summed E-state index contributed by atoms with van der Waals surface area (Å²) in [6.45, 7) is 2.35. The number of benzene rings is 2. The standard InChI is InChI=1S/C18H21O3S/c1-2-11-20-18(19)21-16-9-5-8-15-14(16)7-6-10-17(15)22-12-3-4-13-22/h5-10H,2-4,11-13H2,1H3/q+1. The molecule has 0 spiro atoms. The number of hydrogen-bond acceptors (Lipinski definition) is 3. The van der Waals surface area contributed by atoms with Crippen LogP contribution in [0.1, 0.15) is 26.2 Å². The van der Waals surface area contributed by atoms with Crippen LogP contribution in [0, 0.1) is 0 Å². The van der Waals surface area contributed by atoms with Crippen molar-refractivity contribution in [2.24, 2.45) is 0 Å². The summed E-state index contributed by atoms with van der Waals surface area (Å²) < 4.78 is 10.4. The number of carbonyl (C=O) groups is 1. The molecule has 2 aromatic carbocycles. The van der Waals surface area contributed by atoms with Crippen molar-refractivity contribution < 1.29 is 14.3 Å². The van der Waals surface area contributed by atoms with Crippen LogP contribution >= 0.6 is 0 Å². The smallest absolute Gasteiger partial charge is 0.434 e. The van der Waals surface area contributed by atoms with E-state index < -0.39 is 6.16 Å². The lowest BCUT2D eigenvalue weighted by Crippen LogP contribution is -2.11. The molecule has 22 heavy (non-hydrogen) atoms. The zero-order chi connectivity index (χ0) is 15.4. The first-order valence-electron chi connectivity index (χ1n) is 7.83. The summed E-state index contributed by atoms with van der Waals surface area (Å²) in [5.41, 5.74) is 0. The van der Waals surface area contributed by atoms with Crippen LogP contribution in [0.5, 0.6) is 5.75 Å². The fraction of sp³-hybridized carbons (Fsp3) is 0.389. The summed E-state index contributed by atoms with van der Waals surface area (Å²) in [5, 5.41) is 2.20. The first-order valence-corrected chi connectivity index (χ1v) is 9.39. The number of ether oxygens (including phenoxy) is 2. The van der Waals surface area contributed by atoms with Crippen LogP contribution < -0.4 is 4.74 Å². The summed E-state index contributed by atoms with van der Waals surface area (Å²) in [6.07, 6.45) is 2.80. The van der Waals surface area contributed by atoms with Gasteiger partial charge in [-0.15, -0.1) is 0 Å². The van der Waals surface area contributed by atoms with Gasteiger partial charge in [-0.1, -0.05) is 25.1 Å². The highest BCUT2D eigenvalue weighted by Gasteiger charge is 2.28. The van der Waals surface area contributed by atoms with Gasteiger partial charge < -0.3 is 9.47 Å². The number of carbonyl (C=O) groups excluding carboxylic acids is 1. The monoisotopic (exact) mass is 317 g/mol. The van der Waals surface area contributed by atoms with E-state index in [0.29, 0.717) is 23.3 Å². The minimum atomic E-state index is -0.622. The Morgan fingerprint density at radius 2 is 1.82 bits per heavy atom. The van der Waals surface area contributed by atoms with E-state index in [-0.39, 0.29) is 0 Å². The quantitative estimate of drug-likeness (QED) is 0.472. The molecule has 2 aromatic rings. The van der Waals surface area contributed by atoms with Gasteiger partial charge in [-0.05, 0) is 37.5 Å². The third-order valence-electron chi connectivity index (χ3n) is 3.80. The Balaban J connectivity index is 1.91. The summed E-state index contributed by atoms with van der Waals surface area (Å²) in [7, 11) is 0.337. The number of fused-ring (bicyclic) bond motifs is 1. The van der Waals surface area contributed by atoms with Crippen molar-refractivity contribution in [1.29, 1.82) is 0 Å². The lowest BCUT2D eigenvalue weighted by atomic mass is 10.1. The number of rotatable bonds is 4. The van der Waals surface area contributed by atoms with E-state index >= 15 is 0 Å². The molecular formula is C18H21O3S+. The lowest BCUT2D eigenvalue weighted by Gasteiger charge is -2.10. The topological polar surface area (TPSA) is 35.5 Å². The Kier molecular flexibility index (Phi) is 4.88. The van der Waals surface area contributed by atoms with Gasteiger partial charge in [0.15, 0.2) is 4.90 Å². The van der Waals surface area contributed by atoms with Gasteiger partial charge in [-0.3, -0.25) is 0 Å². The Hall–Kier alpha value is -1.68. The van der Waals surface area contributed by atoms with E-state index in [1.807, 2.05) is 25.1 Å². The van der Waals surface area contributed by atoms with Crippen LogP contribution in [0.15, 0.2) is 41.3 Å². The maximum atomic E-state index is 11.7. The Bertz CT molecular complexity index is 662. The van der Waals surface area contributed by atoms with Crippen LogP contribution in [0.25, 0.3) is 10.8 Å². The van der Waals surface area contributed by atoms with Crippen LogP contribution in [0.4, 0.5) is 4.79 Å². The number of hydrogen-bond donors (Lipinski definition) is 0. The van der Waals surface area contributed by atoms with E-state index in [0.717, 1.165) is 11.8 Å². The highest BCUT2D eigenvalue weighted by atomic mass is 32.2. The van der Waals surface area contributed by atoms with Crippen LogP contribution in [0.2, 0.25) is 0 Å². The van der Waals surface area contributed by atoms with Crippen LogP contribution in [0.3, 0.4) is 0 Å². The molecule has 3 rings (SSSR count). The van der Waals surface area contributed by atoms with Gasteiger partial charge in [0.2, 0.25) is 0 Å². The van der Waals surface area contributed by atoms with Crippen LogP contribution in [-0.4, -0.2) is 24.3 Å². The Morgan fingerprint density at radius 1 is 1.09 bits per heavy atom. The molecule has 1 fully saturated rings. The second-order valence-corrected chi connectivity index (χ2v) is 7.66. The molecule has 0 aliphatic carbocycles. The van der Waals surface area contributed by atoms with Crippen molar-refractivity contribution in [2.45, 2.75) is 31.1 Å². The molecular weight excluding hydrogens is 296 g/mol. The van der Waals surface area contributed by atoms with Crippen molar-refractivity contribution in [3.05, 3.63) is 36.4 Å². The molecule has 0 bridgehead atoms. The minimum absolute atomic E-state index is 0.337. The van der Waals surface area contributed by atoms with Gasteiger partial charge in [0, 0.05) is 21.7 Å². The molecule has 0 N–H and O–H groups in total. The average molecular weight is 317 g/mol. The van der Waals surface area contributed by atoms with Crippen molar-refractivity contribution in [3.8, 4) is 5.75 Å². The van der Waals surface area contributed by atoms with E-state index in [1.54, 1.807) is 0 Å². The van der Waals surface area contributed by atoms with Gasteiger partial charge in [0.05, 0.1) is 6.61 Å². The summed E-state index contributed by atoms with van der Waals surface area (Å²) in [6, 6.07) is 12.2. The molecule has 0 radical (unpaired) electrons. The van der Waals surface area contributed by atoms with E-state index in [1.165, 1.54) is 34.6 Å². The zero-order valence-electron chi connectivity index (χ0n) is 12.8. The molecule has 1 heterocycles. The predicted molar refractivity (Wildman–Crippen MR) is 90.8 cm³/mol. The zero-order valence-corrected chi connectivity index (χ0v) is 13.7. The molecule has 0 amide bonds. The lowest BCUT2D eigenvalue weighted by molar-refractivity contribution is 0.0997. The highest BCUT2D eigenvalue weighted by Crippen LogP contribution is 2.34. The molecule has 116 valence electrons. The molecule has 3 nitrogen and oxygen atoms in total. The summed E-state index contributed by atoms with van der Waals surface area (Å²) in [5.74, 6) is 3.15. The highest BCUT2D eigenvalue weighted by molar-refractivity contribution is 7.97. The molecule has 1 aliphatic rings. The fourth-order valence-corrected chi connectivity index (χ4v) is 5.28. The normalized spacial score (nSPS) is 15.1. The minimum Gasteiger partial charge on any atom is -0.434 e. The van der Waals surface area contributed by atoms with Crippen molar-refractivity contribution in [2.75, 3.05) is 18.1 Å². The van der Waals surface area contributed by atoms with E-state index in [9.17, 15) is 4.79 Å². The largest absolute Gasteiger partial charge is 0.513 e. The molecule has 0 atom stereocenters. The fourth-order valence-electron chi connectivity index (χ4n) is 2.77. The predicted octanol–water partition coefficient (Wildman–Crippen LogP) is 4.54. The molecule has 1 aliphatic heterocycles. The van der Waals surface area contributed by atoms with Crippen molar-refractivity contribution in [3.63, 3.8) is 0 Å². The van der Waals surface area contributed by atoms with Gasteiger partial charge in [0.1, 0.15) is 17.3 Å². The molecule has 0 saturated carbocycles. The van der Waals surface area contributed by atoms with Gasteiger partial charge in [-0.25, -0.2) is 4.79 Å². The van der Waals surface area contributed by atoms with Gasteiger partial charge in [0.25, 0.3) is 0 Å². The van der Waals surface area contributed by atoms with Crippen molar-refractivity contribution in [1.82, 2.24) is 0 Å². The maximum absolute atomic E-state index is 11.7. The summed E-state index contributed by atoms with van der Waals surface area (Å²) in [4.78, 5) is 13.1.